The maximum absolute atomic E-state index is 9.68. The molecule has 0 heterocycles. The van der Waals surface area contributed by atoms with Crippen molar-refractivity contribution in [3.05, 3.63) is 24.3 Å². The van der Waals surface area contributed by atoms with E-state index >= 15 is 0 Å². The molecule has 0 aromatic rings. The van der Waals surface area contributed by atoms with Crippen molar-refractivity contribution < 1.29 is 15.0 Å². The first kappa shape index (κ1) is 9.74. The van der Waals surface area contributed by atoms with Gasteiger partial charge < -0.3 is 10.2 Å². The third kappa shape index (κ3) is 2.29. The topological polar surface area (TPSA) is 57.5 Å². The summed E-state index contributed by atoms with van der Waals surface area (Å²) in [5.74, 6) is -1.15. The standard InChI is InChI=1S/C6H4.C4H8O3/c1-2-6-4-3-5(1)6;1-2-3(5)4(6)7/h1-4H;3,5H,2H2,1H3,(H,6,7). The van der Waals surface area contributed by atoms with E-state index in [-0.39, 0.29) is 6.42 Å². The number of fused-ring (bicyclic) bond motifs is 1. The minimum Gasteiger partial charge on any atom is -0.479 e. The fourth-order valence-corrected chi connectivity index (χ4v) is 0.837. The molecule has 0 saturated carbocycles. The van der Waals surface area contributed by atoms with Crippen molar-refractivity contribution >= 4 is 5.97 Å². The zero-order valence-corrected chi connectivity index (χ0v) is 7.40. The Kier molecular flexibility index (Phi) is 3.03. The molecule has 0 radical (unpaired) electrons. The van der Waals surface area contributed by atoms with Crippen LogP contribution in [0.25, 0.3) is 11.1 Å². The minimum atomic E-state index is -1.18. The van der Waals surface area contributed by atoms with E-state index in [9.17, 15) is 4.79 Å². The Balaban J connectivity index is 0.000000130. The Bertz CT molecular complexity index is 269. The molecule has 1 unspecified atom stereocenters. The van der Waals surface area contributed by atoms with Crippen LogP contribution in [0.4, 0.5) is 0 Å². The van der Waals surface area contributed by atoms with Crippen LogP contribution < -0.4 is 0 Å². The van der Waals surface area contributed by atoms with Crippen LogP contribution >= 0.6 is 0 Å². The highest BCUT2D eigenvalue weighted by Crippen LogP contribution is 2.29. The number of aliphatic hydroxyl groups excluding tert-OH is 1. The van der Waals surface area contributed by atoms with Crippen LogP contribution in [0.3, 0.4) is 0 Å². The lowest BCUT2D eigenvalue weighted by Gasteiger charge is -2.10. The van der Waals surface area contributed by atoms with Gasteiger partial charge in [0.05, 0.1) is 0 Å². The summed E-state index contributed by atoms with van der Waals surface area (Å²) in [6, 6.07) is 8.48. The first-order valence-electron chi connectivity index (χ1n) is 4.16. The number of carboxylic acids is 1. The molecule has 0 aromatic heterocycles. The number of carboxylic acid groups (broad SMARTS) is 1. The summed E-state index contributed by atoms with van der Waals surface area (Å²) in [4.78, 5) is 9.68. The molecule has 2 aliphatic rings. The van der Waals surface area contributed by atoms with Gasteiger partial charge in [0, 0.05) is 0 Å². The Morgan fingerprint density at radius 2 is 1.69 bits per heavy atom. The third-order valence-electron chi connectivity index (χ3n) is 1.89. The van der Waals surface area contributed by atoms with Crippen LogP contribution in [0.1, 0.15) is 13.3 Å². The summed E-state index contributed by atoms with van der Waals surface area (Å²) in [5.41, 5.74) is 2.85. The van der Waals surface area contributed by atoms with Gasteiger partial charge in [-0.1, -0.05) is 31.2 Å². The van der Waals surface area contributed by atoms with Gasteiger partial charge in [0.1, 0.15) is 0 Å². The number of carbonyl (C=O) groups is 1. The molecule has 13 heavy (non-hydrogen) atoms. The van der Waals surface area contributed by atoms with Crippen molar-refractivity contribution in [1.82, 2.24) is 0 Å². The molecule has 3 nitrogen and oxygen atoms in total. The van der Waals surface area contributed by atoms with E-state index < -0.39 is 12.1 Å². The summed E-state index contributed by atoms with van der Waals surface area (Å²) in [7, 11) is 0. The second-order valence-electron chi connectivity index (χ2n) is 2.84. The SMILES string of the molecule is CCC(O)C(=O)O.c1cc2ccc1-2. The zero-order chi connectivity index (χ0) is 9.84. The van der Waals surface area contributed by atoms with Gasteiger partial charge in [-0.3, -0.25) is 0 Å². The molecule has 0 saturated heterocycles. The Morgan fingerprint density at radius 3 is 1.69 bits per heavy atom. The second-order valence-corrected chi connectivity index (χ2v) is 2.84. The smallest absolute Gasteiger partial charge is 0.332 e. The van der Waals surface area contributed by atoms with Crippen LogP contribution in [-0.4, -0.2) is 22.3 Å². The van der Waals surface area contributed by atoms with Crippen LogP contribution in [0.2, 0.25) is 0 Å². The van der Waals surface area contributed by atoms with Gasteiger partial charge in [0.2, 0.25) is 0 Å². The lowest BCUT2D eigenvalue weighted by molar-refractivity contribution is -0.146. The Morgan fingerprint density at radius 1 is 1.31 bits per heavy atom. The van der Waals surface area contributed by atoms with Crippen LogP contribution in [0.5, 0.6) is 0 Å². The van der Waals surface area contributed by atoms with Crippen molar-refractivity contribution in [3.63, 3.8) is 0 Å². The molecule has 0 spiro atoms. The van der Waals surface area contributed by atoms with E-state index in [0.29, 0.717) is 0 Å². The third-order valence-corrected chi connectivity index (χ3v) is 1.89. The molecule has 2 N–H and O–H groups in total. The molecular weight excluding hydrogens is 168 g/mol. The maximum Gasteiger partial charge on any atom is 0.332 e. The maximum atomic E-state index is 9.68. The van der Waals surface area contributed by atoms with E-state index in [1.54, 1.807) is 6.92 Å². The molecule has 0 fully saturated rings. The molecule has 2 aliphatic carbocycles. The predicted molar refractivity (Wildman–Crippen MR) is 49.4 cm³/mol. The minimum absolute atomic E-state index is 0.273. The summed E-state index contributed by atoms with van der Waals surface area (Å²) in [5, 5.41) is 16.3. The second kappa shape index (κ2) is 4.05. The van der Waals surface area contributed by atoms with Gasteiger partial charge in [-0.05, 0) is 17.5 Å². The first-order chi connectivity index (χ1) is 6.15. The monoisotopic (exact) mass is 180 g/mol. The van der Waals surface area contributed by atoms with E-state index in [2.05, 4.69) is 24.3 Å². The average Bonchev–Trinajstić information content (AvgIpc) is 2.10. The number of benzene rings is 1. The molecule has 2 rings (SSSR count). The van der Waals surface area contributed by atoms with Gasteiger partial charge in [-0.25, -0.2) is 4.79 Å². The van der Waals surface area contributed by atoms with Crippen LogP contribution in [-0.2, 0) is 4.79 Å². The van der Waals surface area contributed by atoms with Crippen molar-refractivity contribution in [3.8, 4) is 11.1 Å². The predicted octanol–water partition coefficient (Wildman–Crippen LogP) is 1.51. The van der Waals surface area contributed by atoms with E-state index in [1.807, 2.05) is 0 Å². The highest BCUT2D eigenvalue weighted by atomic mass is 16.4. The fraction of sp³-hybridized carbons (Fsp3) is 0.300. The lowest BCUT2D eigenvalue weighted by atomic mass is 9.95. The first-order valence-corrected chi connectivity index (χ1v) is 4.16. The highest BCUT2D eigenvalue weighted by Gasteiger charge is 2.07. The van der Waals surface area contributed by atoms with Gasteiger partial charge in [0.15, 0.2) is 6.10 Å². The Hall–Kier alpha value is -1.35. The van der Waals surface area contributed by atoms with Gasteiger partial charge in [0.25, 0.3) is 0 Å². The van der Waals surface area contributed by atoms with Gasteiger partial charge in [-0.15, -0.1) is 0 Å². The molecular formula is C10H12O3. The van der Waals surface area contributed by atoms with Crippen molar-refractivity contribution in [1.29, 1.82) is 0 Å². The molecule has 3 heteroatoms. The summed E-state index contributed by atoms with van der Waals surface area (Å²) < 4.78 is 0. The number of aliphatic carboxylic acids is 1. The molecule has 0 aliphatic heterocycles. The highest BCUT2D eigenvalue weighted by molar-refractivity contribution is 5.75. The molecule has 1 atom stereocenters. The van der Waals surface area contributed by atoms with E-state index in [0.717, 1.165) is 0 Å². The fourth-order valence-electron chi connectivity index (χ4n) is 0.837. The van der Waals surface area contributed by atoms with Gasteiger partial charge in [-0.2, -0.15) is 0 Å². The van der Waals surface area contributed by atoms with Crippen molar-refractivity contribution in [2.24, 2.45) is 0 Å². The number of rotatable bonds is 2. The molecule has 0 bridgehead atoms. The average molecular weight is 180 g/mol. The normalized spacial score (nSPS) is 12.5. The largest absolute Gasteiger partial charge is 0.479 e. The van der Waals surface area contributed by atoms with Gasteiger partial charge >= 0.3 is 5.97 Å². The molecule has 0 aromatic carbocycles. The molecule has 70 valence electrons. The van der Waals surface area contributed by atoms with Crippen molar-refractivity contribution in [2.45, 2.75) is 19.4 Å². The number of hydrogen-bond donors (Lipinski definition) is 2. The zero-order valence-electron chi connectivity index (χ0n) is 7.40. The number of hydrogen-bond acceptors (Lipinski definition) is 2. The van der Waals surface area contributed by atoms with E-state index in [1.165, 1.54) is 11.1 Å². The molecule has 0 amide bonds. The summed E-state index contributed by atoms with van der Waals surface area (Å²) in [6.07, 6.45) is -0.907. The van der Waals surface area contributed by atoms with E-state index in [4.69, 9.17) is 10.2 Å². The van der Waals surface area contributed by atoms with Crippen molar-refractivity contribution in [2.75, 3.05) is 0 Å². The number of aliphatic hydroxyl groups is 1. The lowest BCUT2D eigenvalue weighted by Crippen LogP contribution is -2.17. The quantitative estimate of drug-likeness (QED) is 0.736. The van der Waals surface area contributed by atoms with Crippen LogP contribution in [0.15, 0.2) is 24.3 Å². The summed E-state index contributed by atoms with van der Waals surface area (Å²) in [6.45, 7) is 1.61. The Labute approximate surface area is 76.6 Å². The summed E-state index contributed by atoms with van der Waals surface area (Å²) >= 11 is 0. The van der Waals surface area contributed by atoms with Crippen LogP contribution in [0, 0.1) is 0 Å².